The molecule has 0 amide bonds. The van der Waals surface area contributed by atoms with Crippen molar-refractivity contribution < 1.29 is 18.3 Å². The average Bonchev–Trinajstić information content (AvgIpc) is 2.25. The Morgan fingerprint density at radius 2 is 1.85 bits per heavy atom. The highest BCUT2D eigenvalue weighted by Crippen LogP contribution is 2.28. The van der Waals surface area contributed by atoms with E-state index in [1.807, 2.05) is 6.92 Å². The largest absolute Gasteiger partial charge is 0.434 e. The van der Waals surface area contributed by atoms with Crippen LogP contribution in [0.2, 0.25) is 0 Å². The summed E-state index contributed by atoms with van der Waals surface area (Å²) in [5.41, 5.74) is 0.368. The smallest absolute Gasteiger partial charge is 0.387 e. The minimum atomic E-state index is -2.92. The van der Waals surface area contributed by atoms with Gasteiger partial charge in [0.15, 0.2) is 5.78 Å². The van der Waals surface area contributed by atoms with Crippen LogP contribution in [-0.2, 0) is 0 Å². The summed E-state index contributed by atoms with van der Waals surface area (Å²) >= 11 is 0. The first-order valence-electron chi connectivity index (χ1n) is 6.76. The summed E-state index contributed by atoms with van der Waals surface area (Å²) < 4.78 is 29.0. The third-order valence-corrected chi connectivity index (χ3v) is 2.90. The third kappa shape index (κ3) is 5.68. The first kappa shape index (κ1) is 16.6. The van der Waals surface area contributed by atoms with Gasteiger partial charge in [-0.1, -0.05) is 39.8 Å². The van der Waals surface area contributed by atoms with Crippen LogP contribution in [0.5, 0.6) is 5.75 Å². The number of carbonyl (C=O) groups excluding carboxylic acids is 1. The van der Waals surface area contributed by atoms with Crippen LogP contribution in [0.1, 0.15) is 50.9 Å². The molecule has 1 atom stereocenters. The number of para-hydroxylation sites is 1. The molecule has 1 unspecified atom stereocenters. The molecule has 0 aliphatic rings. The van der Waals surface area contributed by atoms with Crippen molar-refractivity contribution in [2.24, 2.45) is 11.3 Å². The lowest BCUT2D eigenvalue weighted by Gasteiger charge is -2.23. The molecule has 0 bridgehead atoms. The molecule has 0 spiro atoms. The molecule has 0 N–H and O–H groups in total. The molecule has 1 aromatic rings. The van der Waals surface area contributed by atoms with Gasteiger partial charge in [0.05, 0.1) is 5.56 Å². The van der Waals surface area contributed by atoms with Gasteiger partial charge in [-0.2, -0.15) is 8.78 Å². The number of ether oxygens (including phenoxy) is 1. The molecule has 0 saturated heterocycles. The predicted octanol–water partition coefficient (Wildman–Crippen LogP) is 4.93. The number of hydrogen-bond donors (Lipinski definition) is 0. The fraction of sp³-hybridized carbons (Fsp3) is 0.562. The molecule has 0 fully saturated rings. The quantitative estimate of drug-likeness (QED) is 0.692. The Kier molecular flexibility index (Phi) is 5.66. The second-order valence-electron chi connectivity index (χ2n) is 6.37. The zero-order valence-corrected chi connectivity index (χ0v) is 12.5. The first-order valence-corrected chi connectivity index (χ1v) is 6.76. The van der Waals surface area contributed by atoms with E-state index in [0.29, 0.717) is 6.42 Å². The van der Waals surface area contributed by atoms with Crippen molar-refractivity contribution >= 4 is 5.78 Å². The van der Waals surface area contributed by atoms with Crippen molar-refractivity contribution in [3.8, 4) is 5.75 Å². The topological polar surface area (TPSA) is 26.3 Å². The number of hydrogen-bond acceptors (Lipinski definition) is 2. The SMILES string of the molecule is CC(CC(=O)c1ccccc1OC(F)F)CC(C)(C)C. The summed E-state index contributed by atoms with van der Waals surface area (Å²) in [6.45, 7) is 5.42. The second kappa shape index (κ2) is 6.82. The van der Waals surface area contributed by atoms with E-state index < -0.39 is 6.61 Å². The van der Waals surface area contributed by atoms with Crippen LogP contribution < -0.4 is 4.74 Å². The van der Waals surface area contributed by atoms with Crippen LogP contribution >= 0.6 is 0 Å². The van der Waals surface area contributed by atoms with E-state index in [-0.39, 0.29) is 28.4 Å². The van der Waals surface area contributed by atoms with Crippen molar-refractivity contribution in [3.05, 3.63) is 29.8 Å². The molecule has 4 heteroatoms. The zero-order valence-electron chi connectivity index (χ0n) is 12.5. The number of benzene rings is 1. The second-order valence-corrected chi connectivity index (χ2v) is 6.37. The summed E-state index contributed by atoms with van der Waals surface area (Å²) in [5.74, 6) is -0.00411. The number of rotatable bonds is 6. The zero-order chi connectivity index (χ0) is 15.3. The van der Waals surface area contributed by atoms with Crippen molar-refractivity contribution in [1.29, 1.82) is 0 Å². The number of carbonyl (C=O) groups is 1. The van der Waals surface area contributed by atoms with Crippen molar-refractivity contribution in [2.75, 3.05) is 0 Å². The Hall–Kier alpha value is -1.45. The molecule has 0 aliphatic heterocycles. The highest BCUT2D eigenvalue weighted by Gasteiger charge is 2.21. The minimum absolute atomic E-state index is 0.0459. The highest BCUT2D eigenvalue weighted by atomic mass is 19.3. The maximum atomic E-state index is 12.3. The molecule has 0 saturated carbocycles. The maximum absolute atomic E-state index is 12.3. The highest BCUT2D eigenvalue weighted by molar-refractivity contribution is 5.98. The van der Waals surface area contributed by atoms with Gasteiger partial charge >= 0.3 is 6.61 Å². The molecule has 0 radical (unpaired) electrons. The monoisotopic (exact) mass is 284 g/mol. The van der Waals surface area contributed by atoms with Crippen LogP contribution in [0.25, 0.3) is 0 Å². The fourth-order valence-corrected chi connectivity index (χ4v) is 2.44. The molecule has 20 heavy (non-hydrogen) atoms. The third-order valence-electron chi connectivity index (χ3n) is 2.90. The normalized spacial score (nSPS) is 13.3. The van der Waals surface area contributed by atoms with Crippen molar-refractivity contribution in [1.82, 2.24) is 0 Å². The lowest BCUT2D eigenvalue weighted by molar-refractivity contribution is -0.0501. The molecular weight excluding hydrogens is 262 g/mol. The van der Waals surface area contributed by atoms with Crippen molar-refractivity contribution in [2.45, 2.75) is 47.1 Å². The molecule has 2 nitrogen and oxygen atoms in total. The summed E-state index contributed by atoms with van der Waals surface area (Å²) in [4.78, 5) is 12.2. The molecule has 112 valence electrons. The summed E-state index contributed by atoms with van der Waals surface area (Å²) in [7, 11) is 0. The summed E-state index contributed by atoms with van der Waals surface area (Å²) in [6, 6.07) is 6.16. The number of ketones is 1. The van der Waals surface area contributed by atoms with Crippen LogP contribution in [0.4, 0.5) is 8.78 Å². The fourth-order valence-electron chi connectivity index (χ4n) is 2.44. The first-order chi connectivity index (χ1) is 9.19. The number of alkyl halides is 2. The van der Waals surface area contributed by atoms with Gasteiger partial charge in [0.1, 0.15) is 5.75 Å². The van der Waals surface area contributed by atoms with Crippen LogP contribution in [0, 0.1) is 11.3 Å². The molecule has 0 aliphatic carbocycles. The van der Waals surface area contributed by atoms with E-state index >= 15 is 0 Å². The Morgan fingerprint density at radius 3 is 2.40 bits per heavy atom. The van der Waals surface area contributed by atoms with E-state index in [2.05, 4.69) is 25.5 Å². The van der Waals surface area contributed by atoms with E-state index in [1.165, 1.54) is 12.1 Å². The summed E-state index contributed by atoms with van der Waals surface area (Å²) in [6.07, 6.45) is 1.23. The number of Topliss-reactive ketones (excluding diaryl/α,β-unsaturated/α-hetero) is 1. The van der Waals surface area contributed by atoms with Gasteiger partial charge in [0.2, 0.25) is 0 Å². The predicted molar refractivity (Wildman–Crippen MR) is 75.3 cm³/mol. The van der Waals surface area contributed by atoms with Gasteiger partial charge in [0, 0.05) is 6.42 Å². The van der Waals surface area contributed by atoms with Gasteiger partial charge in [-0.05, 0) is 29.9 Å². The van der Waals surface area contributed by atoms with E-state index in [0.717, 1.165) is 6.42 Å². The Labute approximate surface area is 119 Å². The van der Waals surface area contributed by atoms with Gasteiger partial charge in [-0.15, -0.1) is 0 Å². The van der Waals surface area contributed by atoms with E-state index in [9.17, 15) is 13.6 Å². The Balaban J connectivity index is 2.77. The minimum Gasteiger partial charge on any atom is -0.434 e. The van der Waals surface area contributed by atoms with E-state index in [1.54, 1.807) is 12.1 Å². The van der Waals surface area contributed by atoms with Crippen LogP contribution in [-0.4, -0.2) is 12.4 Å². The summed E-state index contributed by atoms with van der Waals surface area (Å²) in [5, 5.41) is 0. The maximum Gasteiger partial charge on any atom is 0.387 e. The van der Waals surface area contributed by atoms with Crippen LogP contribution in [0.3, 0.4) is 0 Å². The van der Waals surface area contributed by atoms with Gasteiger partial charge < -0.3 is 4.74 Å². The lowest BCUT2D eigenvalue weighted by Crippen LogP contribution is -2.15. The lowest BCUT2D eigenvalue weighted by atomic mass is 9.83. The standard InChI is InChI=1S/C16H22F2O2/c1-11(10-16(2,3)4)9-13(19)12-7-5-6-8-14(12)20-15(17)18/h5-8,11,15H,9-10H2,1-4H3. The Morgan fingerprint density at radius 1 is 1.25 bits per heavy atom. The van der Waals surface area contributed by atoms with Crippen molar-refractivity contribution in [3.63, 3.8) is 0 Å². The molecular formula is C16H22F2O2. The van der Waals surface area contributed by atoms with Gasteiger partial charge in [0.25, 0.3) is 0 Å². The molecule has 1 rings (SSSR count). The average molecular weight is 284 g/mol. The van der Waals surface area contributed by atoms with Gasteiger partial charge in [-0.3, -0.25) is 4.79 Å². The Bertz CT molecular complexity index is 450. The number of halogens is 2. The molecule has 0 heterocycles. The van der Waals surface area contributed by atoms with Gasteiger partial charge in [-0.25, -0.2) is 0 Å². The molecule has 0 aromatic heterocycles. The van der Waals surface area contributed by atoms with E-state index in [4.69, 9.17) is 0 Å². The molecule has 1 aromatic carbocycles. The van der Waals surface area contributed by atoms with Crippen LogP contribution in [0.15, 0.2) is 24.3 Å².